The molecule has 8 heteroatoms. The first-order valence-corrected chi connectivity index (χ1v) is 10.5. The zero-order chi connectivity index (χ0) is 19.1. The highest BCUT2D eigenvalue weighted by Gasteiger charge is 2.25. The van der Waals surface area contributed by atoms with Crippen molar-refractivity contribution in [2.75, 3.05) is 52.4 Å². The van der Waals surface area contributed by atoms with Crippen molar-refractivity contribution >= 4 is 29.9 Å². The molecule has 1 aromatic rings. The van der Waals surface area contributed by atoms with Gasteiger partial charge in [0.1, 0.15) is 6.10 Å². The first-order valence-electron chi connectivity index (χ1n) is 10.5. The molecule has 2 aliphatic rings. The molecule has 2 saturated heterocycles. The quantitative estimate of drug-likeness (QED) is 0.367. The highest BCUT2D eigenvalue weighted by atomic mass is 127. The van der Waals surface area contributed by atoms with E-state index in [4.69, 9.17) is 9.73 Å². The molecule has 0 amide bonds. The Kier molecular flexibility index (Phi) is 10.0. The number of guanidine groups is 1. The van der Waals surface area contributed by atoms with E-state index in [-0.39, 0.29) is 30.1 Å². The molecule has 1 unspecified atom stereocenters. The van der Waals surface area contributed by atoms with Gasteiger partial charge in [-0.2, -0.15) is 5.10 Å². The minimum absolute atomic E-state index is 0. The molecule has 3 rings (SSSR count). The zero-order valence-corrected chi connectivity index (χ0v) is 20.0. The van der Waals surface area contributed by atoms with Gasteiger partial charge in [-0.1, -0.05) is 6.92 Å². The number of morpholine rings is 1. The maximum Gasteiger partial charge on any atom is 0.194 e. The van der Waals surface area contributed by atoms with Crippen LogP contribution in [-0.2, 0) is 11.8 Å². The number of halogens is 1. The molecular weight excluding hydrogens is 467 g/mol. The van der Waals surface area contributed by atoms with Gasteiger partial charge in [0.15, 0.2) is 5.96 Å². The predicted molar refractivity (Wildman–Crippen MR) is 124 cm³/mol. The summed E-state index contributed by atoms with van der Waals surface area (Å²) in [5.74, 6) is 1.85. The summed E-state index contributed by atoms with van der Waals surface area (Å²) in [6, 6.07) is 0. The van der Waals surface area contributed by atoms with Gasteiger partial charge in [-0.25, -0.2) is 0 Å². The van der Waals surface area contributed by atoms with Gasteiger partial charge in [-0.3, -0.25) is 9.67 Å². The molecule has 2 fully saturated rings. The second kappa shape index (κ2) is 12.0. The van der Waals surface area contributed by atoms with Crippen LogP contribution in [0.15, 0.2) is 17.4 Å². The third-order valence-electron chi connectivity index (χ3n) is 5.75. The van der Waals surface area contributed by atoms with Gasteiger partial charge >= 0.3 is 0 Å². The maximum absolute atomic E-state index is 5.97. The Morgan fingerprint density at radius 2 is 2.07 bits per heavy atom. The lowest BCUT2D eigenvalue weighted by atomic mass is 9.94. The van der Waals surface area contributed by atoms with Crippen molar-refractivity contribution in [1.82, 2.24) is 24.9 Å². The van der Waals surface area contributed by atoms with Crippen LogP contribution >= 0.6 is 24.0 Å². The van der Waals surface area contributed by atoms with Crippen LogP contribution in [0.25, 0.3) is 0 Å². The molecular formula is C20H37IN6O. The van der Waals surface area contributed by atoms with Crippen molar-refractivity contribution in [3.63, 3.8) is 0 Å². The van der Waals surface area contributed by atoms with Gasteiger partial charge < -0.3 is 19.9 Å². The molecule has 28 heavy (non-hydrogen) atoms. The molecule has 3 heterocycles. The molecule has 2 aliphatic heterocycles. The number of hydrogen-bond donors (Lipinski definition) is 1. The SMILES string of the molecule is CCNC(=NCCC1CCN(CC)CC1)N1CCOC(c2cnn(C)c2)C1.I. The lowest BCUT2D eigenvalue weighted by molar-refractivity contribution is -0.00805. The Morgan fingerprint density at radius 1 is 1.29 bits per heavy atom. The van der Waals surface area contributed by atoms with Gasteiger partial charge in [0.05, 0.1) is 19.3 Å². The summed E-state index contributed by atoms with van der Waals surface area (Å²) in [6.45, 7) is 12.3. The predicted octanol–water partition coefficient (Wildman–Crippen LogP) is 2.50. The Labute approximate surface area is 186 Å². The lowest BCUT2D eigenvalue weighted by Crippen LogP contribution is -2.48. The first-order chi connectivity index (χ1) is 13.2. The number of aliphatic imine (C=N–C) groups is 1. The van der Waals surface area contributed by atoms with E-state index in [1.165, 1.54) is 38.9 Å². The number of ether oxygens (including phenoxy) is 1. The van der Waals surface area contributed by atoms with E-state index in [1.54, 1.807) is 0 Å². The number of nitrogens with one attached hydrogen (secondary N) is 1. The van der Waals surface area contributed by atoms with Crippen LogP contribution in [-0.4, -0.2) is 78.0 Å². The molecule has 0 aliphatic carbocycles. The lowest BCUT2D eigenvalue weighted by Gasteiger charge is -2.35. The van der Waals surface area contributed by atoms with Crippen LogP contribution in [0.2, 0.25) is 0 Å². The van der Waals surface area contributed by atoms with Crippen molar-refractivity contribution in [2.45, 2.75) is 39.2 Å². The molecule has 0 bridgehead atoms. The molecule has 1 atom stereocenters. The van der Waals surface area contributed by atoms with E-state index < -0.39 is 0 Å². The van der Waals surface area contributed by atoms with E-state index >= 15 is 0 Å². The number of aromatic nitrogens is 2. The monoisotopic (exact) mass is 504 g/mol. The summed E-state index contributed by atoms with van der Waals surface area (Å²) in [5, 5.41) is 7.75. The Morgan fingerprint density at radius 3 is 2.71 bits per heavy atom. The largest absolute Gasteiger partial charge is 0.370 e. The highest BCUT2D eigenvalue weighted by Crippen LogP contribution is 2.22. The summed E-state index contributed by atoms with van der Waals surface area (Å²) in [7, 11) is 1.95. The number of likely N-dealkylation sites (tertiary alicyclic amines) is 1. The van der Waals surface area contributed by atoms with Crippen molar-refractivity contribution < 1.29 is 4.74 Å². The van der Waals surface area contributed by atoms with Crippen LogP contribution in [0.3, 0.4) is 0 Å². The van der Waals surface area contributed by atoms with Gasteiger partial charge in [0, 0.05) is 38.4 Å². The summed E-state index contributed by atoms with van der Waals surface area (Å²) in [5.41, 5.74) is 1.14. The van der Waals surface area contributed by atoms with Crippen LogP contribution < -0.4 is 5.32 Å². The molecule has 160 valence electrons. The average Bonchev–Trinajstić information content (AvgIpc) is 3.14. The maximum atomic E-state index is 5.97. The van der Waals surface area contributed by atoms with Crippen LogP contribution in [0.1, 0.15) is 44.8 Å². The van der Waals surface area contributed by atoms with E-state index in [2.05, 4.69) is 34.1 Å². The van der Waals surface area contributed by atoms with Gasteiger partial charge in [0.25, 0.3) is 0 Å². The minimum Gasteiger partial charge on any atom is -0.370 e. The number of rotatable bonds is 6. The Hall–Kier alpha value is -0.870. The van der Waals surface area contributed by atoms with Crippen LogP contribution in [0, 0.1) is 5.92 Å². The fourth-order valence-corrected chi connectivity index (χ4v) is 4.02. The molecule has 0 aromatic carbocycles. The van der Waals surface area contributed by atoms with Gasteiger partial charge in [-0.15, -0.1) is 24.0 Å². The number of piperidine rings is 1. The molecule has 7 nitrogen and oxygen atoms in total. The second-order valence-electron chi connectivity index (χ2n) is 7.65. The third-order valence-corrected chi connectivity index (χ3v) is 5.75. The van der Waals surface area contributed by atoms with Gasteiger partial charge in [-0.05, 0) is 51.7 Å². The molecule has 0 spiro atoms. The standard InChI is InChI=1S/C20H36N6O.HI/c1-4-21-20(22-9-6-17-7-10-25(5-2)11-8-17)26-12-13-27-19(16-26)18-14-23-24(3)15-18;/h14-15,17,19H,4-13,16H2,1-3H3,(H,21,22);1H. The van der Waals surface area contributed by atoms with Crippen molar-refractivity contribution in [2.24, 2.45) is 18.0 Å². The van der Waals surface area contributed by atoms with Crippen LogP contribution in [0.5, 0.6) is 0 Å². The highest BCUT2D eigenvalue weighted by molar-refractivity contribution is 14.0. The number of aryl methyl sites for hydroxylation is 1. The van der Waals surface area contributed by atoms with E-state index in [0.717, 1.165) is 50.2 Å². The fourth-order valence-electron chi connectivity index (χ4n) is 4.02. The normalized spacial score (nSPS) is 22.2. The molecule has 1 N–H and O–H groups in total. The number of nitrogens with zero attached hydrogens (tertiary/aromatic N) is 5. The van der Waals surface area contributed by atoms with Crippen molar-refractivity contribution in [1.29, 1.82) is 0 Å². The molecule has 0 radical (unpaired) electrons. The smallest absolute Gasteiger partial charge is 0.194 e. The summed E-state index contributed by atoms with van der Waals surface area (Å²) in [4.78, 5) is 9.83. The average molecular weight is 504 g/mol. The summed E-state index contributed by atoms with van der Waals surface area (Å²) >= 11 is 0. The topological polar surface area (TPSA) is 57.9 Å². The van der Waals surface area contributed by atoms with Gasteiger partial charge in [0.2, 0.25) is 0 Å². The number of hydrogen-bond acceptors (Lipinski definition) is 4. The van der Waals surface area contributed by atoms with E-state index in [1.807, 2.05) is 24.1 Å². The Bertz CT molecular complexity index is 599. The summed E-state index contributed by atoms with van der Waals surface area (Å²) in [6.07, 6.45) is 7.85. The van der Waals surface area contributed by atoms with Crippen molar-refractivity contribution in [3.8, 4) is 0 Å². The van der Waals surface area contributed by atoms with E-state index in [9.17, 15) is 0 Å². The zero-order valence-electron chi connectivity index (χ0n) is 17.6. The van der Waals surface area contributed by atoms with Crippen LogP contribution in [0.4, 0.5) is 0 Å². The Balaban J connectivity index is 0.00000280. The third kappa shape index (κ3) is 6.59. The minimum atomic E-state index is 0. The first kappa shape index (κ1) is 23.4. The fraction of sp³-hybridized carbons (Fsp3) is 0.800. The molecule has 0 saturated carbocycles. The van der Waals surface area contributed by atoms with Crippen molar-refractivity contribution in [3.05, 3.63) is 18.0 Å². The van der Waals surface area contributed by atoms with E-state index in [0.29, 0.717) is 0 Å². The molecule has 1 aromatic heterocycles. The second-order valence-corrected chi connectivity index (χ2v) is 7.65. The summed E-state index contributed by atoms with van der Waals surface area (Å²) < 4.78 is 7.81.